The Morgan fingerprint density at radius 3 is 2.83 bits per heavy atom. The molecule has 3 nitrogen and oxygen atoms in total. The topological polar surface area (TPSA) is 46.5 Å². The van der Waals surface area contributed by atoms with Crippen molar-refractivity contribution in [3.05, 3.63) is 11.6 Å². The molecule has 2 bridgehead atoms. The molecule has 0 aliphatic heterocycles. The van der Waals surface area contributed by atoms with Crippen LogP contribution in [0.4, 0.5) is 0 Å². The van der Waals surface area contributed by atoms with Crippen molar-refractivity contribution in [2.75, 3.05) is 7.11 Å². The van der Waals surface area contributed by atoms with Crippen molar-refractivity contribution < 1.29 is 14.6 Å². The van der Waals surface area contributed by atoms with Gasteiger partial charge in [0.25, 0.3) is 0 Å². The molecule has 4 aliphatic carbocycles. The average molecular weight is 353 g/mol. The second kappa shape index (κ2) is 5.82. The van der Waals surface area contributed by atoms with Gasteiger partial charge in [0.2, 0.25) is 0 Å². The quantitative estimate of drug-likeness (QED) is 0.837. The SMILES string of the molecule is CO[C@@H]1CCC23CC[C@H]4C[C@@]4(C12)[C@H](O)CC(CC=CCl)C(=O)[C@@H]3C. The lowest BCUT2D eigenvalue weighted by molar-refractivity contribution is -0.151. The van der Waals surface area contributed by atoms with Crippen LogP contribution in [0.5, 0.6) is 0 Å². The molecule has 0 aromatic carbocycles. The number of hydrogen-bond donors (Lipinski definition) is 1. The molecule has 1 spiro atoms. The van der Waals surface area contributed by atoms with Crippen LogP contribution in [-0.4, -0.2) is 30.2 Å². The third kappa shape index (κ3) is 2.07. The Morgan fingerprint density at radius 2 is 2.12 bits per heavy atom. The lowest BCUT2D eigenvalue weighted by Crippen LogP contribution is -2.54. The van der Waals surface area contributed by atoms with Gasteiger partial charge in [0.1, 0.15) is 5.78 Å². The molecule has 4 rings (SSSR count). The normalized spacial score (nSPS) is 53.4. The van der Waals surface area contributed by atoms with Gasteiger partial charge in [-0.05, 0) is 62.2 Å². The first-order valence-electron chi connectivity index (χ1n) is 9.51. The van der Waals surface area contributed by atoms with E-state index in [1.807, 2.05) is 6.08 Å². The van der Waals surface area contributed by atoms with Gasteiger partial charge in [0, 0.05) is 29.9 Å². The molecule has 4 fully saturated rings. The van der Waals surface area contributed by atoms with Gasteiger partial charge in [0.05, 0.1) is 12.2 Å². The maximum atomic E-state index is 13.3. The molecule has 24 heavy (non-hydrogen) atoms. The molecular formula is C20H29ClO3. The van der Waals surface area contributed by atoms with Crippen LogP contribution in [0.2, 0.25) is 0 Å². The number of Topliss-reactive ketones (excluding diaryl/α,β-unsaturated/α-hetero) is 1. The van der Waals surface area contributed by atoms with E-state index in [0.29, 0.717) is 30.5 Å². The van der Waals surface area contributed by atoms with Crippen molar-refractivity contribution >= 4 is 17.4 Å². The first kappa shape index (κ1) is 17.1. The minimum absolute atomic E-state index is 0.00726. The molecule has 1 N–H and O–H groups in total. The minimum atomic E-state index is -0.381. The fraction of sp³-hybridized carbons (Fsp3) is 0.850. The summed E-state index contributed by atoms with van der Waals surface area (Å²) in [7, 11) is 1.80. The van der Waals surface area contributed by atoms with Crippen LogP contribution in [0.25, 0.3) is 0 Å². The standard InChI is InChI=1S/C20H29ClO3/c1-12-17(23)13(4-3-9-21)10-16(22)20-11-14(20)5-7-19(12)8-6-15(24-2)18(19)20/h3,9,12-16,18,22H,4-8,10-11H2,1-2H3/t12-,13?,14-,15+,16+,18?,19?,20-/m0/s1. The number of allylic oxidation sites excluding steroid dienone is 1. The summed E-state index contributed by atoms with van der Waals surface area (Å²) in [4.78, 5) is 13.3. The van der Waals surface area contributed by atoms with Gasteiger partial charge in [0.15, 0.2) is 0 Å². The van der Waals surface area contributed by atoms with Crippen LogP contribution in [-0.2, 0) is 9.53 Å². The molecule has 134 valence electrons. The number of ketones is 1. The third-order valence-electron chi connectivity index (χ3n) is 8.25. The number of carbonyl (C=O) groups excluding carboxylic acids is 1. The highest BCUT2D eigenvalue weighted by atomic mass is 35.5. The van der Waals surface area contributed by atoms with Crippen molar-refractivity contribution in [3.63, 3.8) is 0 Å². The molecule has 0 aromatic rings. The largest absolute Gasteiger partial charge is 0.393 e. The summed E-state index contributed by atoms with van der Waals surface area (Å²) < 4.78 is 5.87. The van der Waals surface area contributed by atoms with E-state index in [4.69, 9.17) is 16.3 Å². The van der Waals surface area contributed by atoms with Crippen molar-refractivity contribution in [2.24, 2.45) is 34.5 Å². The minimum Gasteiger partial charge on any atom is -0.393 e. The number of hydrogen-bond acceptors (Lipinski definition) is 3. The van der Waals surface area contributed by atoms with E-state index in [1.165, 1.54) is 12.0 Å². The number of aliphatic hydroxyl groups excluding tert-OH is 1. The van der Waals surface area contributed by atoms with Crippen LogP contribution in [0.3, 0.4) is 0 Å². The van der Waals surface area contributed by atoms with Gasteiger partial charge >= 0.3 is 0 Å². The van der Waals surface area contributed by atoms with Crippen LogP contribution in [0.15, 0.2) is 11.6 Å². The first-order valence-corrected chi connectivity index (χ1v) is 9.94. The highest BCUT2D eigenvalue weighted by Gasteiger charge is 2.75. The smallest absolute Gasteiger partial charge is 0.139 e. The number of ether oxygens (including phenoxy) is 1. The molecule has 0 aromatic heterocycles. The Balaban J connectivity index is 1.77. The van der Waals surface area contributed by atoms with Crippen molar-refractivity contribution in [3.8, 4) is 0 Å². The summed E-state index contributed by atoms with van der Waals surface area (Å²) in [5.41, 5.74) is 1.54. The summed E-state index contributed by atoms with van der Waals surface area (Å²) in [6.07, 6.45) is 8.46. The Bertz CT molecular complexity index is 561. The summed E-state index contributed by atoms with van der Waals surface area (Å²) in [6, 6.07) is 0. The van der Waals surface area contributed by atoms with Gasteiger partial charge in [-0.2, -0.15) is 0 Å². The maximum Gasteiger partial charge on any atom is 0.139 e. The third-order valence-corrected chi connectivity index (χ3v) is 8.43. The summed E-state index contributed by atoms with van der Waals surface area (Å²) in [5, 5.41) is 11.2. The van der Waals surface area contributed by atoms with E-state index < -0.39 is 0 Å². The van der Waals surface area contributed by atoms with Gasteiger partial charge < -0.3 is 9.84 Å². The van der Waals surface area contributed by atoms with Gasteiger partial charge in [-0.3, -0.25) is 4.79 Å². The predicted octanol–water partition coefficient (Wildman–Crippen LogP) is 3.93. The van der Waals surface area contributed by atoms with Gasteiger partial charge in [-0.15, -0.1) is 0 Å². The zero-order chi connectivity index (χ0) is 17.1. The van der Waals surface area contributed by atoms with E-state index in [2.05, 4.69) is 6.92 Å². The first-order chi connectivity index (χ1) is 11.5. The van der Waals surface area contributed by atoms with Crippen LogP contribution in [0, 0.1) is 34.5 Å². The molecule has 8 atom stereocenters. The van der Waals surface area contributed by atoms with E-state index in [-0.39, 0.29) is 34.9 Å². The fourth-order valence-corrected chi connectivity index (χ4v) is 7.17. The molecule has 0 radical (unpaired) electrons. The molecule has 4 heteroatoms. The molecular weight excluding hydrogens is 324 g/mol. The monoisotopic (exact) mass is 352 g/mol. The second-order valence-corrected chi connectivity index (χ2v) is 9.00. The van der Waals surface area contributed by atoms with Crippen molar-refractivity contribution in [2.45, 2.75) is 64.1 Å². The molecule has 0 amide bonds. The zero-order valence-electron chi connectivity index (χ0n) is 14.7. The highest BCUT2D eigenvalue weighted by molar-refractivity contribution is 6.25. The van der Waals surface area contributed by atoms with Crippen molar-refractivity contribution in [1.82, 2.24) is 0 Å². The summed E-state index contributed by atoms with van der Waals surface area (Å²) in [5.74, 6) is 1.28. The number of halogens is 1. The fourth-order valence-electron chi connectivity index (χ4n) is 7.07. The zero-order valence-corrected chi connectivity index (χ0v) is 15.5. The Labute approximate surface area is 149 Å². The summed E-state index contributed by atoms with van der Waals surface area (Å²) >= 11 is 5.70. The number of carbonyl (C=O) groups is 1. The maximum absolute atomic E-state index is 13.3. The number of rotatable bonds is 3. The Kier molecular flexibility index (Phi) is 4.14. The van der Waals surface area contributed by atoms with E-state index in [1.54, 1.807) is 7.11 Å². The van der Waals surface area contributed by atoms with E-state index >= 15 is 0 Å². The molecule has 3 unspecified atom stereocenters. The molecule has 0 heterocycles. The molecule has 4 aliphatic rings. The van der Waals surface area contributed by atoms with Gasteiger partial charge in [-0.25, -0.2) is 0 Å². The highest BCUT2D eigenvalue weighted by Crippen LogP contribution is 2.77. The molecule has 4 saturated carbocycles. The van der Waals surface area contributed by atoms with E-state index in [0.717, 1.165) is 25.7 Å². The summed E-state index contributed by atoms with van der Waals surface area (Å²) in [6.45, 7) is 2.15. The van der Waals surface area contributed by atoms with Crippen LogP contribution >= 0.6 is 11.6 Å². The lowest BCUT2D eigenvalue weighted by atomic mass is 9.52. The Morgan fingerprint density at radius 1 is 1.38 bits per heavy atom. The lowest BCUT2D eigenvalue weighted by Gasteiger charge is -2.53. The van der Waals surface area contributed by atoms with Crippen LogP contribution in [0.1, 0.15) is 51.9 Å². The van der Waals surface area contributed by atoms with E-state index in [9.17, 15) is 9.90 Å². The number of methoxy groups -OCH3 is 1. The van der Waals surface area contributed by atoms with Crippen LogP contribution < -0.4 is 0 Å². The average Bonchev–Trinajstić information content (AvgIpc) is 3.22. The Hall–Kier alpha value is -0.380. The van der Waals surface area contributed by atoms with Crippen molar-refractivity contribution in [1.29, 1.82) is 0 Å². The molecule has 0 saturated heterocycles. The second-order valence-electron chi connectivity index (χ2n) is 8.75. The van der Waals surface area contributed by atoms with Gasteiger partial charge in [-0.1, -0.05) is 24.6 Å². The predicted molar refractivity (Wildman–Crippen MR) is 93.6 cm³/mol. The number of aliphatic hydroxyl groups is 1.